The van der Waals surface area contributed by atoms with Crippen molar-refractivity contribution in [2.24, 2.45) is 29.6 Å². The predicted molar refractivity (Wildman–Crippen MR) is 96.9 cm³/mol. The van der Waals surface area contributed by atoms with Crippen LogP contribution in [0, 0.1) is 29.6 Å². The molecule has 0 N–H and O–H groups in total. The highest BCUT2D eigenvalue weighted by atomic mass is 35.5. The van der Waals surface area contributed by atoms with Gasteiger partial charge in [-0.25, -0.2) is 0 Å². The summed E-state index contributed by atoms with van der Waals surface area (Å²) < 4.78 is 17.2. The Labute approximate surface area is 152 Å². The Bertz CT molecular complexity index is 376. The summed E-state index contributed by atoms with van der Waals surface area (Å²) >= 11 is 5.73. The molecule has 138 valence electrons. The van der Waals surface area contributed by atoms with Crippen molar-refractivity contribution >= 4 is 11.6 Å². The van der Waals surface area contributed by atoms with E-state index in [-0.39, 0.29) is 6.29 Å². The molecule has 0 aromatic heterocycles. The van der Waals surface area contributed by atoms with Gasteiger partial charge in [-0.3, -0.25) is 0 Å². The minimum atomic E-state index is 0.0312. The molecular weight excluding hydrogens is 324 g/mol. The third kappa shape index (κ3) is 4.97. The van der Waals surface area contributed by atoms with Crippen LogP contribution < -0.4 is 0 Å². The molecule has 0 radical (unpaired) electrons. The molecular formula is C20H33ClO3. The minimum Gasteiger partial charge on any atom is -0.384 e. The second kappa shape index (κ2) is 9.56. The van der Waals surface area contributed by atoms with Crippen LogP contribution in [-0.2, 0) is 14.2 Å². The van der Waals surface area contributed by atoms with Crippen LogP contribution in [0.3, 0.4) is 0 Å². The number of ether oxygens (including phenoxy) is 3. The number of allylic oxidation sites excluding steroid dienone is 1. The summed E-state index contributed by atoms with van der Waals surface area (Å²) in [5.41, 5.74) is 1.71. The number of rotatable bonds is 5. The molecule has 24 heavy (non-hydrogen) atoms. The standard InChI is InChI=1S/C20H33ClO3/c1-22-12-16-13-23-20(24-14-16)19-8-6-18(7-9-19)17-4-2-15(3-5-17)10-11-21/h10-11,15-20H,2-9,12-14H2,1H3. The molecule has 0 aromatic rings. The van der Waals surface area contributed by atoms with E-state index in [0.717, 1.165) is 37.6 Å². The SMILES string of the molecule is COCC1COC(C2CCC(C3CCC(C=CCl)CC3)CC2)OC1. The maximum Gasteiger partial charge on any atom is 0.160 e. The molecule has 1 heterocycles. The van der Waals surface area contributed by atoms with Crippen molar-refractivity contribution in [1.82, 2.24) is 0 Å². The fourth-order valence-electron chi connectivity index (χ4n) is 4.96. The Morgan fingerprint density at radius 1 is 0.875 bits per heavy atom. The second-order valence-corrected chi connectivity index (χ2v) is 8.28. The van der Waals surface area contributed by atoms with Crippen LogP contribution in [0.15, 0.2) is 11.6 Å². The number of hydrogen-bond acceptors (Lipinski definition) is 3. The Morgan fingerprint density at radius 3 is 1.96 bits per heavy atom. The van der Waals surface area contributed by atoms with Crippen molar-refractivity contribution in [2.75, 3.05) is 26.9 Å². The van der Waals surface area contributed by atoms with Crippen molar-refractivity contribution in [2.45, 2.75) is 57.7 Å². The van der Waals surface area contributed by atoms with Gasteiger partial charge in [-0.2, -0.15) is 0 Å². The molecule has 2 saturated carbocycles. The van der Waals surface area contributed by atoms with Crippen LogP contribution in [-0.4, -0.2) is 33.2 Å². The molecule has 0 spiro atoms. The maximum atomic E-state index is 5.98. The van der Waals surface area contributed by atoms with E-state index >= 15 is 0 Å². The molecule has 2 aliphatic carbocycles. The van der Waals surface area contributed by atoms with Gasteiger partial charge in [0.15, 0.2) is 6.29 Å². The molecule has 3 fully saturated rings. The summed E-state index contributed by atoms with van der Waals surface area (Å²) in [6.07, 6.45) is 12.9. The van der Waals surface area contributed by atoms with Gasteiger partial charge >= 0.3 is 0 Å². The van der Waals surface area contributed by atoms with E-state index in [2.05, 4.69) is 6.08 Å². The van der Waals surface area contributed by atoms with Gasteiger partial charge in [-0.1, -0.05) is 17.7 Å². The van der Waals surface area contributed by atoms with E-state index in [4.69, 9.17) is 25.8 Å². The molecule has 4 heteroatoms. The zero-order valence-corrected chi connectivity index (χ0v) is 15.8. The molecule has 1 aliphatic heterocycles. The van der Waals surface area contributed by atoms with Crippen LogP contribution >= 0.6 is 11.6 Å². The Balaban J connectivity index is 1.37. The van der Waals surface area contributed by atoms with Gasteiger partial charge in [-0.05, 0) is 69.1 Å². The molecule has 0 unspecified atom stereocenters. The smallest absolute Gasteiger partial charge is 0.160 e. The van der Waals surface area contributed by atoms with E-state index in [9.17, 15) is 0 Å². The molecule has 3 rings (SSSR count). The van der Waals surface area contributed by atoms with Gasteiger partial charge in [0, 0.05) is 24.5 Å². The lowest BCUT2D eigenvalue weighted by Crippen LogP contribution is -2.40. The fourth-order valence-corrected chi connectivity index (χ4v) is 5.17. The number of methoxy groups -OCH3 is 1. The quantitative estimate of drug-likeness (QED) is 0.694. The van der Waals surface area contributed by atoms with Gasteiger partial charge < -0.3 is 14.2 Å². The van der Waals surface area contributed by atoms with Crippen molar-refractivity contribution in [3.8, 4) is 0 Å². The molecule has 1 saturated heterocycles. The summed E-state index contributed by atoms with van der Waals surface area (Å²) in [4.78, 5) is 0. The molecule has 0 amide bonds. The van der Waals surface area contributed by atoms with E-state index in [0.29, 0.717) is 11.8 Å². The third-order valence-electron chi connectivity index (χ3n) is 6.42. The summed E-state index contributed by atoms with van der Waals surface area (Å²) in [7, 11) is 1.74. The molecule has 0 bridgehead atoms. The van der Waals surface area contributed by atoms with Gasteiger partial charge in [0.25, 0.3) is 0 Å². The molecule has 0 aromatic carbocycles. The van der Waals surface area contributed by atoms with Gasteiger partial charge in [0.1, 0.15) is 0 Å². The molecule has 3 aliphatic rings. The van der Waals surface area contributed by atoms with Gasteiger partial charge in [-0.15, -0.1) is 0 Å². The van der Waals surface area contributed by atoms with Crippen molar-refractivity contribution in [1.29, 1.82) is 0 Å². The van der Waals surface area contributed by atoms with E-state index in [1.807, 2.05) is 0 Å². The summed E-state index contributed by atoms with van der Waals surface area (Å²) in [5, 5.41) is 0. The van der Waals surface area contributed by atoms with Crippen LogP contribution in [0.5, 0.6) is 0 Å². The number of hydrogen-bond donors (Lipinski definition) is 0. The van der Waals surface area contributed by atoms with Crippen molar-refractivity contribution < 1.29 is 14.2 Å². The predicted octanol–water partition coefficient (Wildman–Crippen LogP) is 4.99. The Morgan fingerprint density at radius 2 is 1.42 bits per heavy atom. The highest BCUT2D eigenvalue weighted by Crippen LogP contribution is 2.43. The first kappa shape index (κ1) is 18.7. The van der Waals surface area contributed by atoms with Crippen LogP contribution in [0.25, 0.3) is 0 Å². The fraction of sp³-hybridized carbons (Fsp3) is 0.900. The lowest BCUT2D eigenvalue weighted by Gasteiger charge is -2.40. The maximum absolute atomic E-state index is 5.98. The van der Waals surface area contributed by atoms with Crippen LogP contribution in [0.4, 0.5) is 0 Å². The van der Waals surface area contributed by atoms with Crippen molar-refractivity contribution in [3.63, 3.8) is 0 Å². The van der Waals surface area contributed by atoms with Gasteiger partial charge in [0.05, 0.1) is 19.8 Å². The Kier molecular flexibility index (Phi) is 7.45. The average Bonchev–Trinajstić information content (AvgIpc) is 2.64. The second-order valence-electron chi connectivity index (χ2n) is 8.02. The Hall–Kier alpha value is -0.0900. The topological polar surface area (TPSA) is 27.7 Å². The largest absolute Gasteiger partial charge is 0.384 e. The van der Waals surface area contributed by atoms with E-state index in [1.54, 1.807) is 12.6 Å². The van der Waals surface area contributed by atoms with Crippen LogP contribution in [0.1, 0.15) is 51.4 Å². The molecule has 0 atom stereocenters. The molecule has 3 nitrogen and oxygen atoms in total. The van der Waals surface area contributed by atoms with E-state index in [1.165, 1.54) is 51.4 Å². The summed E-state index contributed by atoms with van der Waals surface area (Å²) in [6, 6.07) is 0. The lowest BCUT2D eigenvalue weighted by atomic mass is 9.69. The van der Waals surface area contributed by atoms with Crippen molar-refractivity contribution in [3.05, 3.63) is 11.6 Å². The monoisotopic (exact) mass is 356 g/mol. The highest BCUT2D eigenvalue weighted by Gasteiger charge is 2.35. The highest BCUT2D eigenvalue weighted by molar-refractivity contribution is 6.25. The van der Waals surface area contributed by atoms with Crippen LogP contribution in [0.2, 0.25) is 0 Å². The first-order valence-electron chi connectivity index (χ1n) is 9.79. The zero-order valence-electron chi connectivity index (χ0n) is 15.0. The normalized spacial score (nSPS) is 41.6. The summed E-state index contributed by atoms with van der Waals surface area (Å²) in [6.45, 7) is 2.31. The first-order valence-corrected chi connectivity index (χ1v) is 10.2. The number of halogens is 1. The third-order valence-corrected chi connectivity index (χ3v) is 6.57. The van der Waals surface area contributed by atoms with E-state index < -0.39 is 0 Å². The van der Waals surface area contributed by atoms with Gasteiger partial charge in [0.2, 0.25) is 0 Å². The first-order chi connectivity index (χ1) is 11.8. The minimum absolute atomic E-state index is 0.0312. The zero-order chi connectivity index (χ0) is 16.8. The summed E-state index contributed by atoms with van der Waals surface area (Å²) in [5.74, 6) is 3.58. The average molecular weight is 357 g/mol. The lowest BCUT2D eigenvalue weighted by molar-refractivity contribution is -0.234.